The Hall–Kier alpha value is -3.04. The van der Waals surface area contributed by atoms with Gasteiger partial charge in [-0.3, -0.25) is 9.69 Å². The second-order valence-electron chi connectivity index (χ2n) is 6.25. The zero-order valence-electron chi connectivity index (χ0n) is 14.9. The molecule has 2 aromatic carbocycles. The van der Waals surface area contributed by atoms with Gasteiger partial charge in [0.15, 0.2) is 11.5 Å². The summed E-state index contributed by atoms with van der Waals surface area (Å²) >= 11 is 0. The second-order valence-corrected chi connectivity index (χ2v) is 6.25. The van der Waals surface area contributed by atoms with Crippen LogP contribution in [0.15, 0.2) is 42.5 Å². The molecule has 1 aliphatic heterocycles. The summed E-state index contributed by atoms with van der Waals surface area (Å²) in [7, 11) is 1.90. The van der Waals surface area contributed by atoms with E-state index in [0.29, 0.717) is 31.0 Å². The number of nitriles is 1. The van der Waals surface area contributed by atoms with Gasteiger partial charge >= 0.3 is 0 Å². The van der Waals surface area contributed by atoms with Crippen molar-refractivity contribution in [3.05, 3.63) is 53.6 Å². The van der Waals surface area contributed by atoms with Crippen LogP contribution in [0.25, 0.3) is 0 Å². The third-order valence-corrected chi connectivity index (χ3v) is 4.36. The fraction of sp³-hybridized carbons (Fsp3) is 0.300. The van der Waals surface area contributed by atoms with Crippen LogP contribution in [0.4, 0.5) is 5.69 Å². The maximum Gasteiger partial charge on any atom is 0.241 e. The fourth-order valence-corrected chi connectivity index (χ4v) is 2.69. The number of nitrogens with zero attached hydrogens (tertiary/aromatic N) is 2. The number of fused-ring (bicyclic) bond motifs is 1. The topological polar surface area (TPSA) is 74.6 Å². The molecule has 0 spiro atoms. The molecule has 1 atom stereocenters. The first kappa shape index (κ1) is 17.8. The highest BCUT2D eigenvalue weighted by Crippen LogP contribution is 2.31. The Morgan fingerprint density at radius 3 is 2.58 bits per heavy atom. The zero-order valence-corrected chi connectivity index (χ0v) is 14.9. The summed E-state index contributed by atoms with van der Waals surface area (Å²) in [6, 6.07) is 14.4. The number of benzene rings is 2. The Labute approximate surface area is 152 Å². The molecule has 134 valence electrons. The quantitative estimate of drug-likeness (QED) is 0.896. The van der Waals surface area contributed by atoms with E-state index < -0.39 is 0 Å². The van der Waals surface area contributed by atoms with Crippen molar-refractivity contribution in [2.45, 2.75) is 19.5 Å². The average molecular weight is 351 g/mol. The Morgan fingerprint density at radius 2 is 1.88 bits per heavy atom. The number of amides is 1. The molecule has 3 rings (SSSR count). The summed E-state index contributed by atoms with van der Waals surface area (Å²) in [5.41, 5.74) is 2.29. The Morgan fingerprint density at radius 1 is 1.19 bits per heavy atom. The van der Waals surface area contributed by atoms with Crippen LogP contribution in [0.3, 0.4) is 0 Å². The normalized spacial score (nSPS) is 13.8. The number of nitrogens with one attached hydrogen (secondary N) is 1. The van der Waals surface area contributed by atoms with Crippen LogP contribution >= 0.6 is 0 Å². The van der Waals surface area contributed by atoms with E-state index >= 15 is 0 Å². The van der Waals surface area contributed by atoms with Gasteiger partial charge in [0.05, 0.1) is 17.7 Å². The SMILES string of the molecule is C[C@@H](C(=O)Nc1ccc(C#N)cc1)N(C)Cc1ccc2c(c1)OCCO2. The van der Waals surface area contributed by atoms with E-state index in [1.165, 1.54) is 0 Å². The maximum absolute atomic E-state index is 12.5. The van der Waals surface area contributed by atoms with Gasteiger partial charge in [-0.15, -0.1) is 0 Å². The fourth-order valence-electron chi connectivity index (χ4n) is 2.69. The Balaban J connectivity index is 1.60. The van der Waals surface area contributed by atoms with Gasteiger partial charge in [-0.1, -0.05) is 6.07 Å². The van der Waals surface area contributed by atoms with Crippen molar-refractivity contribution in [2.24, 2.45) is 0 Å². The molecule has 1 amide bonds. The number of hydrogen-bond acceptors (Lipinski definition) is 5. The van der Waals surface area contributed by atoms with Gasteiger partial charge in [-0.2, -0.15) is 5.26 Å². The summed E-state index contributed by atoms with van der Waals surface area (Å²) in [5.74, 6) is 1.40. The van der Waals surface area contributed by atoms with Crippen molar-refractivity contribution in [1.82, 2.24) is 4.90 Å². The molecule has 26 heavy (non-hydrogen) atoms. The predicted octanol–water partition coefficient (Wildman–Crippen LogP) is 2.79. The van der Waals surface area contributed by atoms with Gasteiger partial charge in [-0.25, -0.2) is 0 Å². The van der Waals surface area contributed by atoms with Crippen molar-refractivity contribution in [2.75, 3.05) is 25.6 Å². The Bertz CT molecular complexity index is 827. The lowest BCUT2D eigenvalue weighted by molar-refractivity contribution is -0.120. The molecule has 6 heteroatoms. The predicted molar refractivity (Wildman–Crippen MR) is 98.1 cm³/mol. The summed E-state index contributed by atoms with van der Waals surface area (Å²) in [4.78, 5) is 14.4. The third kappa shape index (κ3) is 4.13. The second kappa shape index (κ2) is 7.89. The van der Waals surface area contributed by atoms with Gasteiger partial charge in [0, 0.05) is 12.2 Å². The molecule has 2 aromatic rings. The van der Waals surface area contributed by atoms with Crippen molar-refractivity contribution in [3.8, 4) is 17.6 Å². The van der Waals surface area contributed by atoms with Crippen LogP contribution in [0, 0.1) is 11.3 Å². The van der Waals surface area contributed by atoms with E-state index in [1.54, 1.807) is 24.3 Å². The largest absolute Gasteiger partial charge is 0.486 e. The monoisotopic (exact) mass is 351 g/mol. The summed E-state index contributed by atoms with van der Waals surface area (Å²) in [6.07, 6.45) is 0. The number of rotatable bonds is 5. The van der Waals surface area contributed by atoms with Gasteiger partial charge < -0.3 is 14.8 Å². The first-order chi connectivity index (χ1) is 12.6. The zero-order chi connectivity index (χ0) is 18.5. The molecule has 0 saturated carbocycles. The highest BCUT2D eigenvalue weighted by molar-refractivity contribution is 5.94. The van der Waals surface area contributed by atoms with Crippen molar-refractivity contribution in [1.29, 1.82) is 5.26 Å². The van der Waals surface area contributed by atoms with Crippen LogP contribution in [0.2, 0.25) is 0 Å². The number of anilines is 1. The average Bonchev–Trinajstić information content (AvgIpc) is 2.67. The van der Waals surface area contributed by atoms with E-state index in [1.807, 2.05) is 37.1 Å². The smallest absolute Gasteiger partial charge is 0.241 e. The number of likely N-dealkylation sites (N-methyl/N-ethyl adjacent to an activating group) is 1. The minimum absolute atomic E-state index is 0.102. The standard InChI is InChI=1S/C20H21N3O3/c1-14(20(24)22-17-6-3-15(12-21)4-7-17)23(2)13-16-5-8-18-19(11-16)26-10-9-25-18/h3-8,11,14H,9-10,13H2,1-2H3,(H,22,24)/t14-/m0/s1. The molecule has 0 saturated heterocycles. The molecule has 0 aliphatic carbocycles. The Kier molecular flexibility index (Phi) is 5.40. The first-order valence-corrected chi connectivity index (χ1v) is 8.46. The molecule has 0 aromatic heterocycles. The van der Waals surface area contributed by atoms with Gasteiger partial charge in [-0.05, 0) is 55.9 Å². The van der Waals surface area contributed by atoms with Crippen molar-refractivity contribution >= 4 is 11.6 Å². The van der Waals surface area contributed by atoms with E-state index in [4.69, 9.17) is 14.7 Å². The number of hydrogen-bond donors (Lipinski definition) is 1. The van der Waals surface area contributed by atoms with Crippen LogP contribution in [0.5, 0.6) is 11.5 Å². The first-order valence-electron chi connectivity index (χ1n) is 8.46. The van der Waals surface area contributed by atoms with Gasteiger partial charge in [0.1, 0.15) is 13.2 Å². The van der Waals surface area contributed by atoms with Gasteiger partial charge in [0.2, 0.25) is 5.91 Å². The molecular weight excluding hydrogens is 330 g/mol. The summed E-state index contributed by atoms with van der Waals surface area (Å²) in [6.45, 7) is 3.59. The summed E-state index contributed by atoms with van der Waals surface area (Å²) in [5, 5.41) is 11.7. The molecule has 0 radical (unpaired) electrons. The summed E-state index contributed by atoms with van der Waals surface area (Å²) < 4.78 is 11.1. The molecule has 0 unspecified atom stereocenters. The highest BCUT2D eigenvalue weighted by atomic mass is 16.6. The lowest BCUT2D eigenvalue weighted by Crippen LogP contribution is -2.39. The highest BCUT2D eigenvalue weighted by Gasteiger charge is 2.19. The van der Waals surface area contributed by atoms with Crippen molar-refractivity contribution in [3.63, 3.8) is 0 Å². The molecule has 1 N–H and O–H groups in total. The number of carbonyl (C=O) groups excluding carboxylic acids is 1. The molecule has 0 bridgehead atoms. The molecule has 6 nitrogen and oxygen atoms in total. The minimum Gasteiger partial charge on any atom is -0.486 e. The number of ether oxygens (including phenoxy) is 2. The molecule has 1 heterocycles. The van der Waals surface area contributed by atoms with Crippen LogP contribution in [-0.2, 0) is 11.3 Å². The van der Waals surface area contributed by atoms with Gasteiger partial charge in [0.25, 0.3) is 0 Å². The van der Waals surface area contributed by atoms with E-state index in [0.717, 1.165) is 17.1 Å². The molecule has 0 fully saturated rings. The van der Waals surface area contributed by atoms with Crippen LogP contribution in [-0.4, -0.2) is 37.1 Å². The minimum atomic E-state index is -0.321. The van der Waals surface area contributed by atoms with Crippen LogP contribution in [0.1, 0.15) is 18.1 Å². The van der Waals surface area contributed by atoms with E-state index in [9.17, 15) is 4.79 Å². The number of carbonyl (C=O) groups is 1. The maximum atomic E-state index is 12.5. The van der Waals surface area contributed by atoms with Crippen molar-refractivity contribution < 1.29 is 14.3 Å². The lowest BCUT2D eigenvalue weighted by atomic mass is 10.1. The van der Waals surface area contributed by atoms with E-state index in [-0.39, 0.29) is 11.9 Å². The molecule has 1 aliphatic rings. The van der Waals surface area contributed by atoms with Crippen LogP contribution < -0.4 is 14.8 Å². The van der Waals surface area contributed by atoms with E-state index in [2.05, 4.69) is 11.4 Å². The molecular formula is C20H21N3O3. The third-order valence-electron chi connectivity index (χ3n) is 4.36. The lowest BCUT2D eigenvalue weighted by Gasteiger charge is -2.25.